The van der Waals surface area contributed by atoms with Crippen LogP contribution in [0.5, 0.6) is 0 Å². The van der Waals surface area contributed by atoms with Crippen molar-refractivity contribution in [3.63, 3.8) is 0 Å². The van der Waals surface area contributed by atoms with Crippen molar-refractivity contribution in [2.45, 2.75) is 19.4 Å². The lowest BCUT2D eigenvalue weighted by Crippen LogP contribution is -2.40. The molecule has 1 aromatic carbocycles. The molecular formula is C20H20N4O3S. The summed E-state index contributed by atoms with van der Waals surface area (Å²) >= 11 is 1.53. The second-order valence-electron chi connectivity index (χ2n) is 6.68. The highest BCUT2D eigenvalue weighted by Gasteiger charge is 2.25. The SMILES string of the molecule is O=Cc1ccc(N2CCC(C(=O)NCc3noc(-c4cccs4)n3)CC2)cc1. The summed E-state index contributed by atoms with van der Waals surface area (Å²) in [6.07, 6.45) is 2.41. The standard InChI is InChI=1S/C20H20N4O3S/c25-13-14-3-5-16(6-4-14)24-9-7-15(8-10-24)19(26)21-12-18-22-20(27-23-18)17-2-1-11-28-17/h1-6,11,13,15H,7-10,12H2,(H,21,26). The van der Waals surface area contributed by atoms with Gasteiger partial charge in [-0.15, -0.1) is 11.3 Å². The van der Waals surface area contributed by atoms with Crippen LogP contribution >= 0.6 is 11.3 Å². The smallest absolute Gasteiger partial charge is 0.268 e. The predicted octanol–water partition coefficient (Wildman–Crippen LogP) is 3.14. The molecule has 0 bridgehead atoms. The molecule has 0 radical (unpaired) electrons. The second-order valence-corrected chi connectivity index (χ2v) is 7.63. The Morgan fingerprint density at radius 1 is 1.25 bits per heavy atom. The third kappa shape index (κ3) is 4.12. The fourth-order valence-electron chi connectivity index (χ4n) is 3.30. The monoisotopic (exact) mass is 396 g/mol. The van der Waals surface area contributed by atoms with Crippen molar-refractivity contribution in [2.24, 2.45) is 5.92 Å². The van der Waals surface area contributed by atoms with Gasteiger partial charge in [0, 0.05) is 30.3 Å². The number of hydrogen-bond acceptors (Lipinski definition) is 7. The molecule has 1 amide bonds. The summed E-state index contributed by atoms with van der Waals surface area (Å²) < 4.78 is 5.24. The van der Waals surface area contributed by atoms with Crippen molar-refractivity contribution < 1.29 is 14.1 Å². The molecule has 0 atom stereocenters. The zero-order valence-electron chi connectivity index (χ0n) is 15.2. The van der Waals surface area contributed by atoms with Crippen molar-refractivity contribution in [3.05, 3.63) is 53.2 Å². The summed E-state index contributed by atoms with van der Waals surface area (Å²) in [5, 5.41) is 8.80. The fourth-order valence-corrected chi connectivity index (χ4v) is 3.94. The molecule has 3 aromatic rings. The average molecular weight is 396 g/mol. The molecule has 28 heavy (non-hydrogen) atoms. The molecule has 0 aliphatic carbocycles. The third-order valence-electron chi connectivity index (χ3n) is 4.88. The van der Waals surface area contributed by atoms with Gasteiger partial charge >= 0.3 is 0 Å². The number of carbonyl (C=O) groups excluding carboxylic acids is 2. The summed E-state index contributed by atoms with van der Waals surface area (Å²) in [7, 11) is 0. The van der Waals surface area contributed by atoms with Crippen LogP contribution < -0.4 is 10.2 Å². The minimum atomic E-state index is -0.0193. The molecule has 0 unspecified atom stereocenters. The van der Waals surface area contributed by atoms with Crippen LogP contribution in [0.25, 0.3) is 10.8 Å². The van der Waals surface area contributed by atoms with Gasteiger partial charge in [-0.25, -0.2) is 0 Å². The molecule has 0 spiro atoms. The number of hydrogen-bond donors (Lipinski definition) is 1. The van der Waals surface area contributed by atoms with Gasteiger partial charge in [0.15, 0.2) is 5.82 Å². The summed E-state index contributed by atoms with van der Waals surface area (Å²) in [6.45, 7) is 1.88. The number of rotatable bonds is 6. The fraction of sp³-hybridized carbons (Fsp3) is 0.300. The van der Waals surface area contributed by atoms with E-state index in [1.165, 1.54) is 11.3 Å². The molecule has 7 nitrogen and oxygen atoms in total. The van der Waals surface area contributed by atoms with Crippen LogP contribution in [0.3, 0.4) is 0 Å². The van der Waals surface area contributed by atoms with E-state index in [-0.39, 0.29) is 18.4 Å². The highest BCUT2D eigenvalue weighted by atomic mass is 32.1. The second kappa shape index (κ2) is 8.35. The van der Waals surface area contributed by atoms with Gasteiger partial charge in [-0.1, -0.05) is 11.2 Å². The number of amides is 1. The molecule has 1 fully saturated rings. The number of nitrogens with one attached hydrogen (secondary N) is 1. The summed E-state index contributed by atoms with van der Waals surface area (Å²) in [5.74, 6) is 0.963. The van der Waals surface area contributed by atoms with Gasteiger partial charge in [0.2, 0.25) is 5.91 Å². The van der Waals surface area contributed by atoms with Crippen LogP contribution in [0, 0.1) is 5.92 Å². The first-order valence-electron chi connectivity index (χ1n) is 9.17. The molecular weight excluding hydrogens is 376 g/mol. The normalized spacial score (nSPS) is 14.8. The van der Waals surface area contributed by atoms with Gasteiger partial charge in [-0.05, 0) is 48.6 Å². The van der Waals surface area contributed by atoms with Gasteiger partial charge in [0.1, 0.15) is 6.29 Å². The number of piperidine rings is 1. The minimum Gasteiger partial charge on any atom is -0.371 e. The molecule has 1 N–H and O–H groups in total. The highest BCUT2D eigenvalue weighted by Crippen LogP contribution is 2.24. The lowest BCUT2D eigenvalue weighted by atomic mass is 9.95. The summed E-state index contributed by atoms with van der Waals surface area (Å²) in [6, 6.07) is 11.4. The first-order chi connectivity index (χ1) is 13.7. The first kappa shape index (κ1) is 18.4. The number of carbonyl (C=O) groups is 2. The van der Waals surface area contributed by atoms with Gasteiger partial charge in [0.25, 0.3) is 5.89 Å². The third-order valence-corrected chi connectivity index (χ3v) is 5.74. The zero-order valence-corrected chi connectivity index (χ0v) is 16.0. The van der Waals surface area contributed by atoms with Crippen LogP contribution in [0.4, 0.5) is 5.69 Å². The van der Waals surface area contributed by atoms with Crippen LogP contribution in [-0.2, 0) is 11.3 Å². The van der Waals surface area contributed by atoms with E-state index < -0.39 is 0 Å². The number of anilines is 1. The molecule has 3 heterocycles. The summed E-state index contributed by atoms with van der Waals surface area (Å²) in [4.78, 5) is 30.7. The van der Waals surface area contributed by atoms with E-state index in [4.69, 9.17) is 4.52 Å². The maximum atomic E-state index is 12.5. The Bertz CT molecular complexity index is 929. The predicted molar refractivity (Wildman–Crippen MR) is 106 cm³/mol. The van der Waals surface area contributed by atoms with E-state index in [2.05, 4.69) is 20.4 Å². The Morgan fingerprint density at radius 3 is 2.71 bits per heavy atom. The molecule has 1 saturated heterocycles. The van der Waals surface area contributed by atoms with Crippen molar-refractivity contribution >= 4 is 29.2 Å². The average Bonchev–Trinajstić information content (AvgIpc) is 3.44. The van der Waals surface area contributed by atoms with Crippen LogP contribution in [0.2, 0.25) is 0 Å². The van der Waals surface area contributed by atoms with Crippen LogP contribution in [-0.4, -0.2) is 35.4 Å². The number of benzene rings is 1. The minimum absolute atomic E-state index is 0.0193. The van der Waals surface area contributed by atoms with Gasteiger partial charge < -0.3 is 14.7 Å². The Hall–Kier alpha value is -3.00. The topological polar surface area (TPSA) is 88.3 Å². The molecule has 1 aliphatic heterocycles. The van der Waals surface area contributed by atoms with E-state index in [1.54, 1.807) is 0 Å². The largest absolute Gasteiger partial charge is 0.371 e. The molecule has 4 rings (SSSR count). The van der Waals surface area contributed by atoms with Gasteiger partial charge in [-0.2, -0.15) is 4.98 Å². The molecule has 1 aliphatic rings. The first-order valence-corrected chi connectivity index (χ1v) is 10.1. The van der Waals surface area contributed by atoms with Gasteiger partial charge in [0.05, 0.1) is 11.4 Å². The van der Waals surface area contributed by atoms with E-state index in [1.807, 2.05) is 41.8 Å². The number of thiophene rings is 1. The van der Waals surface area contributed by atoms with Crippen LogP contribution in [0.1, 0.15) is 29.0 Å². The van der Waals surface area contributed by atoms with Crippen molar-refractivity contribution in [3.8, 4) is 10.8 Å². The Kier molecular flexibility index (Phi) is 5.48. The number of nitrogens with zero attached hydrogens (tertiary/aromatic N) is 3. The van der Waals surface area contributed by atoms with E-state index in [0.717, 1.165) is 42.8 Å². The Labute approximate surface area is 166 Å². The molecule has 144 valence electrons. The van der Waals surface area contributed by atoms with Crippen molar-refractivity contribution in [1.29, 1.82) is 0 Å². The maximum Gasteiger partial charge on any atom is 0.268 e. The number of aromatic nitrogens is 2. The van der Waals surface area contributed by atoms with E-state index in [9.17, 15) is 9.59 Å². The molecule has 2 aromatic heterocycles. The molecule has 0 saturated carbocycles. The van der Waals surface area contributed by atoms with Crippen molar-refractivity contribution in [2.75, 3.05) is 18.0 Å². The highest BCUT2D eigenvalue weighted by molar-refractivity contribution is 7.13. The zero-order chi connectivity index (χ0) is 19.3. The van der Waals surface area contributed by atoms with Crippen LogP contribution in [0.15, 0.2) is 46.3 Å². The maximum absolute atomic E-state index is 12.5. The number of aldehydes is 1. The lowest BCUT2D eigenvalue weighted by Gasteiger charge is -2.33. The quantitative estimate of drug-likeness (QED) is 0.644. The summed E-state index contributed by atoms with van der Waals surface area (Å²) in [5.41, 5.74) is 1.75. The lowest BCUT2D eigenvalue weighted by molar-refractivity contribution is -0.125. The molecule has 8 heteroatoms. The van der Waals surface area contributed by atoms with E-state index >= 15 is 0 Å². The Balaban J connectivity index is 1.26. The van der Waals surface area contributed by atoms with Crippen molar-refractivity contribution in [1.82, 2.24) is 15.5 Å². The Morgan fingerprint density at radius 2 is 2.04 bits per heavy atom. The van der Waals surface area contributed by atoms with E-state index in [0.29, 0.717) is 17.3 Å². The van der Waals surface area contributed by atoms with Gasteiger partial charge in [-0.3, -0.25) is 9.59 Å².